The number of carbonyl (C=O) groups excluding carboxylic acids is 1. The zero-order chi connectivity index (χ0) is 30.2. The van der Waals surface area contributed by atoms with Crippen LogP contribution in [-0.2, 0) is 0 Å². The number of halogens is 2. The molecule has 0 radical (unpaired) electrons. The Morgan fingerprint density at radius 1 is 0.952 bits per heavy atom. The minimum Gasteiger partial charge on any atom is -0.468 e. The number of amides is 1. The summed E-state index contributed by atoms with van der Waals surface area (Å²) >= 11 is 12.6. The second-order valence-corrected chi connectivity index (χ2v) is 11.6. The van der Waals surface area contributed by atoms with E-state index in [1.807, 2.05) is 47.4 Å². The first kappa shape index (κ1) is 32.4. The van der Waals surface area contributed by atoms with Crippen LogP contribution in [0.5, 0.6) is 0 Å². The molecule has 42 heavy (non-hydrogen) atoms. The van der Waals surface area contributed by atoms with Crippen molar-refractivity contribution in [1.29, 1.82) is 0 Å². The molecule has 1 aromatic heterocycles. The first-order chi connectivity index (χ1) is 20.2. The highest BCUT2D eigenvalue weighted by molar-refractivity contribution is 6.42. The summed E-state index contributed by atoms with van der Waals surface area (Å²) in [6.07, 6.45) is -2.09. The Morgan fingerprint density at radius 3 is 2.29 bits per heavy atom. The molecule has 5 unspecified atom stereocenters. The van der Waals surface area contributed by atoms with Gasteiger partial charge in [-0.25, -0.2) is 0 Å². The fraction of sp³-hybridized carbons (Fsp3) is 0.452. The predicted molar refractivity (Wildman–Crippen MR) is 162 cm³/mol. The van der Waals surface area contributed by atoms with Crippen molar-refractivity contribution in [3.05, 3.63) is 93.9 Å². The Kier molecular flexibility index (Phi) is 11.8. The van der Waals surface area contributed by atoms with E-state index < -0.39 is 31.0 Å². The molecule has 1 amide bonds. The number of piperazine rings is 1. The number of carbonyl (C=O) groups is 1. The lowest BCUT2D eigenvalue weighted by Crippen LogP contribution is -2.53. The zero-order valence-corrected chi connectivity index (χ0v) is 25.1. The van der Waals surface area contributed by atoms with Crippen LogP contribution < -0.4 is 0 Å². The number of aliphatic hydroxyl groups is 4. The number of likely N-dealkylation sites (N-methyl/N-ethyl adjacent to an activating group) is 1. The highest BCUT2D eigenvalue weighted by Gasteiger charge is 2.38. The van der Waals surface area contributed by atoms with E-state index in [9.17, 15) is 25.2 Å². The van der Waals surface area contributed by atoms with Crippen LogP contribution in [0.15, 0.2) is 71.3 Å². The summed E-state index contributed by atoms with van der Waals surface area (Å²) in [5.74, 6) is 0.444. The molecule has 3 aromatic rings. The Hall–Kier alpha value is -2.47. The fourth-order valence-electron chi connectivity index (χ4n) is 5.49. The van der Waals surface area contributed by atoms with Crippen molar-refractivity contribution in [3.63, 3.8) is 0 Å². The lowest BCUT2D eigenvalue weighted by Gasteiger charge is -2.41. The summed E-state index contributed by atoms with van der Waals surface area (Å²) in [5.41, 5.74) is 1.64. The van der Waals surface area contributed by atoms with Crippen LogP contribution in [0.25, 0.3) is 0 Å². The van der Waals surface area contributed by atoms with Crippen molar-refractivity contribution in [2.75, 3.05) is 52.9 Å². The van der Waals surface area contributed by atoms with Gasteiger partial charge in [0.15, 0.2) is 0 Å². The predicted octanol–water partition coefficient (Wildman–Crippen LogP) is 3.27. The van der Waals surface area contributed by atoms with Crippen molar-refractivity contribution in [2.24, 2.45) is 0 Å². The number of furan rings is 1. The maximum atomic E-state index is 13.1. The number of aliphatic hydroxyl groups excluding tert-OH is 4. The van der Waals surface area contributed by atoms with E-state index in [1.165, 1.54) is 6.26 Å². The topological polar surface area (TPSA) is 121 Å². The summed E-state index contributed by atoms with van der Waals surface area (Å²) in [4.78, 5) is 19.2. The average molecular weight is 621 g/mol. The molecular formula is C31H39Cl2N3O6. The van der Waals surface area contributed by atoms with Crippen LogP contribution in [0.3, 0.4) is 0 Å². The van der Waals surface area contributed by atoms with E-state index in [1.54, 1.807) is 30.1 Å². The average Bonchev–Trinajstić information content (AvgIpc) is 3.55. The zero-order valence-electron chi connectivity index (χ0n) is 23.6. The van der Waals surface area contributed by atoms with Gasteiger partial charge >= 0.3 is 0 Å². The molecule has 0 aliphatic carbocycles. The number of hydrogen-bond acceptors (Lipinski definition) is 8. The third-order valence-corrected chi connectivity index (χ3v) is 8.70. The van der Waals surface area contributed by atoms with Crippen LogP contribution in [0, 0.1) is 0 Å². The summed E-state index contributed by atoms with van der Waals surface area (Å²) in [5, 5.41) is 41.5. The van der Waals surface area contributed by atoms with Gasteiger partial charge in [0.25, 0.3) is 5.91 Å². The van der Waals surface area contributed by atoms with Crippen LogP contribution in [0.2, 0.25) is 10.0 Å². The van der Waals surface area contributed by atoms with E-state index in [0.29, 0.717) is 54.1 Å². The van der Waals surface area contributed by atoms with E-state index in [4.69, 9.17) is 27.6 Å². The van der Waals surface area contributed by atoms with Crippen LogP contribution in [0.4, 0.5) is 0 Å². The third-order valence-electron chi connectivity index (χ3n) is 7.96. The highest BCUT2D eigenvalue weighted by Crippen LogP contribution is 2.31. The molecule has 4 N–H and O–H groups in total. The van der Waals surface area contributed by atoms with Gasteiger partial charge in [-0.1, -0.05) is 47.5 Å². The van der Waals surface area contributed by atoms with E-state index >= 15 is 0 Å². The largest absolute Gasteiger partial charge is 0.468 e. The van der Waals surface area contributed by atoms with Gasteiger partial charge < -0.3 is 34.6 Å². The number of hydrogen-bond donors (Lipinski definition) is 4. The molecule has 1 fully saturated rings. The first-order valence-electron chi connectivity index (χ1n) is 14.1. The van der Waals surface area contributed by atoms with Gasteiger partial charge in [0.2, 0.25) is 0 Å². The lowest BCUT2D eigenvalue weighted by atomic mass is 9.94. The summed E-state index contributed by atoms with van der Waals surface area (Å²) in [6, 6.07) is 17.6. The van der Waals surface area contributed by atoms with Gasteiger partial charge in [0.1, 0.15) is 24.1 Å². The Morgan fingerprint density at radius 2 is 1.67 bits per heavy atom. The molecule has 11 heteroatoms. The van der Waals surface area contributed by atoms with E-state index in [-0.39, 0.29) is 11.8 Å². The smallest absolute Gasteiger partial charge is 0.253 e. The lowest BCUT2D eigenvalue weighted by molar-refractivity contribution is -0.111. The summed E-state index contributed by atoms with van der Waals surface area (Å²) in [7, 11) is 1.81. The van der Waals surface area contributed by atoms with Gasteiger partial charge in [-0.3, -0.25) is 9.69 Å². The van der Waals surface area contributed by atoms with Crippen molar-refractivity contribution < 1.29 is 29.6 Å². The normalized spacial score (nSPS) is 18.3. The molecule has 0 spiro atoms. The van der Waals surface area contributed by atoms with Crippen molar-refractivity contribution in [3.8, 4) is 0 Å². The summed E-state index contributed by atoms with van der Waals surface area (Å²) in [6.45, 7) is 3.20. The molecular weight excluding hydrogens is 581 g/mol. The number of benzene rings is 2. The summed E-state index contributed by atoms with van der Waals surface area (Å²) < 4.78 is 5.57. The Balaban J connectivity index is 1.41. The van der Waals surface area contributed by atoms with Crippen molar-refractivity contribution in [2.45, 2.75) is 36.7 Å². The quantitative estimate of drug-likeness (QED) is 0.230. The second-order valence-electron chi connectivity index (χ2n) is 10.8. The van der Waals surface area contributed by atoms with E-state index in [2.05, 4.69) is 4.90 Å². The minimum absolute atomic E-state index is 0.0169. The molecule has 0 saturated carbocycles. The minimum atomic E-state index is -1.54. The molecule has 1 aliphatic rings. The molecule has 4 rings (SSSR count). The second kappa shape index (κ2) is 15.3. The molecule has 1 aliphatic heterocycles. The maximum absolute atomic E-state index is 13.1. The fourth-order valence-corrected chi connectivity index (χ4v) is 5.80. The number of rotatable bonds is 13. The van der Waals surface area contributed by atoms with Crippen molar-refractivity contribution >= 4 is 29.1 Å². The van der Waals surface area contributed by atoms with Crippen LogP contribution in [-0.4, -0.2) is 112 Å². The Bertz CT molecular complexity index is 1260. The molecule has 2 aromatic carbocycles. The monoisotopic (exact) mass is 619 g/mol. The molecule has 0 bridgehead atoms. The van der Waals surface area contributed by atoms with Gasteiger partial charge in [0, 0.05) is 51.3 Å². The van der Waals surface area contributed by atoms with Gasteiger partial charge in [-0.15, -0.1) is 0 Å². The Labute approximate surface area is 256 Å². The van der Waals surface area contributed by atoms with Gasteiger partial charge in [-0.2, -0.15) is 0 Å². The SMILES string of the molecule is CN(CC(CCN1CCN(C(c2ccco2)C(O)C(O)C(O)CO)CC1)c1ccc(Cl)c(Cl)c1)C(=O)c1ccccc1. The van der Waals surface area contributed by atoms with E-state index in [0.717, 1.165) is 18.5 Å². The first-order valence-corrected chi connectivity index (χ1v) is 14.9. The molecule has 2 heterocycles. The molecule has 9 nitrogen and oxygen atoms in total. The molecule has 228 valence electrons. The highest BCUT2D eigenvalue weighted by atomic mass is 35.5. The maximum Gasteiger partial charge on any atom is 0.253 e. The third kappa shape index (κ3) is 8.12. The molecule has 5 atom stereocenters. The molecule has 1 saturated heterocycles. The standard InChI is InChI=1S/C31H39Cl2N3O6/c1-34(31(41)21-6-3-2-4-7-21)19-23(22-9-10-24(32)25(33)18-22)11-12-35-13-15-36(16-14-35)28(27-8-5-17-42-27)30(40)29(39)26(38)20-37/h2-10,17-18,23,26,28-30,37-40H,11-16,19-20H2,1H3. The van der Waals surface area contributed by atoms with Crippen LogP contribution >= 0.6 is 23.2 Å². The van der Waals surface area contributed by atoms with Crippen LogP contribution in [0.1, 0.15) is 40.1 Å². The van der Waals surface area contributed by atoms with Crippen molar-refractivity contribution in [1.82, 2.24) is 14.7 Å². The van der Waals surface area contributed by atoms with Gasteiger partial charge in [0.05, 0.1) is 29.0 Å². The number of nitrogens with zero attached hydrogens (tertiary/aromatic N) is 3. The van der Waals surface area contributed by atoms with Gasteiger partial charge in [-0.05, 0) is 54.9 Å².